The Morgan fingerprint density at radius 1 is 1.25 bits per heavy atom. The van der Waals surface area contributed by atoms with Crippen molar-refractivity contribution in [1.82, 2.24) is 5.32 Å². The molecule has 85 valence electrons. The van der Waals surface area contributed by atoms with Crippen molar-refractivity contribution in [3.05, 3.63) is 35.9 Å². The number of amides is 2. The number of rotatable bonds is 4. The number of nitrogens with zero attached hydrogens (tertiary/aromatic N) is 1. The van der Waals surface area contributed by atoms with E-state index < -0.39 is 12.0 Å². The van der Waals surface area contributed by atoms with Crippen LogP contribution >= 0.6 is 0 Å². The second kappa shape index (κ2) is 6.58. The molecule has 1 rings (SSSR count). The van der Waals surface area contributed by atoms with Crippen LogP contribution in [0.15, 0.2) is 30.3 Å². The minimum Gasteiger partial charge on any atom is -0.443 e. The zero-order valence-electron chi connectivity index (χ0n) is 8.76. The molecule has 0 atom stereocenters. The standard InChI is InChI=1S/C11H13N2O3/c12-7-6-10(14)13-11(15)16-8-9-4-2-1-3-5-9/h1-5H,6-8,12H2. The van der Waals surface area contributed by atoms with Crippen molar-refractivity contribution in [1.29, 1.82) is 0 Å². The van der Waals surface area contributed by atoms with Crippen LogP contribution in [0.1, 0.15) is 12.0 Å². The van der Waals surface area contributed by atoms with E-state index in [-0.39, 0.29) is 19.6 Å². The number of imide groups is 1. The van der Waals surface area contributed by atoms with Gasteiger partial charge in [-0.3, -0.25) is 4.79 Å². The Morgan fingerprint density at radius 2 is 1.94 bits per heavy atom. The van der Waals surface area contributed by atoms with E-state index in [4.69, 9.17) is 10.5 Å². The van der Waals surface area contributed by atoms with Gasteiger partial charge in [0.25, 0.3) is 5.91 Å². The molecular weight excluding hydrogens is 208 g/mol. The van der Waals surface area contributed by atoms with Crippen LogP contribution in [0, 0.1) is 0 Å². The van der Waals surface area contributed by atoms with Gasteiger partial charge in [0.2, 0.25) is 0 Å². The smallest absolute Gasteiger partial charge is 0.437 e. The van der Waals surface area contributed by atoms with Gasteiger partial charge in [-0.2, -0.15) is 0 Å². The zero-order valence-corrected chi connectivity index (χ0v) is 8.76. The zero-order chi connectivity index (χ0) is 11.8. The summed E-state index contributed by atoms with van der Waals surface area (Å²) in [6.45, 7) is 0.285. The van der Waals surface area contributed by atoms with Crippen LogP contribution in [0.3, 0.4) is 0 Å². The number of benzene rings is 1. The molecule has 16 heavy (non-hydrogen) atoms. The van der Waals surface area contributed by atoms with Crippen molar-refractivity contribution in [2.45, 2.75) is 13.0 Å². The summed E-state index contributed by atoms with van der Waals surface area (Å²) in [6, 6.07) is 9.16. The molecule has 0 aliphatic rings. The van der Waals surface area contributed by atoms with Gasteiger partial charge >= 0.3 is 6.09 Å². The van der Waals surface area contributed by atoms with Gasteiger partial charge in [-0.15, -0.1) is 5.32 Å². The minimum atomic E-state index is -0.873. The fraction of sp³-hybridized carbons (Fsp3) is 0.273. The molecule has 0 aliphatic heterocycles. The SMILES string of the molecule is NCCC(=O)[N]C(=O)OCc1ccccc1. The van der Waals surface area contributed by atoms with E-state index in [0.29, 0.717) is 0 Å². The van der Waals surface area contributed by atoms with Crippen LogP contribution in [-0.2, 0) is 16.1 Å². The lowest BCUT2D eigenvalue weighted by atomic mass is 10.2. The van der Waals surface area contributed by atoms with Crippen molar-refractivity contribution in [3.63, 3.8) is 0 Å². The Kier molecular flexibility index (Phi) is 5.01. The van der Waals surface area contributed by atoms with E-state index in [9.17, 15) is 9.59 Å². The summed E-state index contributed by atoms with van der Waals surface area (Å²) in [5.41, 5.74) is 5.98. The molecule has 5 nitrogen and oxygen atoms in total. The maximum Gasteiger partial charge on any atom is 0.437 e. The highest BCUT2D eigenvalue weighted by Crippen LogP contribution is 2.00. The predicted molar refractivity (Wildman–Crippen MR) is 57.4 cm³/mol. The molecule has 2 amide bonds. The quantitative estimate of drug-likeness (QED) is 0.815. The van der Waals surface area contributed by atoms with Crippen LogP contribution < -0.4 is 11.1 Å². The fourth-order valence-corrected chi connectivity index (χ4v) is 1.03. The van der Waals surface area contributed by atoms with E-state index in [2.05, 4.69) is 5.32 Å². The highest BCUT2D eigenvalue weighted by Gasteiger charge is 2.10. The molecular formula is C11H13N2O3. The van der Waals surface area contributed by atoms with Crippen LogP contribution in [0.5, 0.6) is 0 Å². The van der Waals surface area contributed by atoms with Crippen molar-refractivity contribution in [2.24, 2.45) is 5.73 Å². The number of carbonyl (C=O) groups is 2. The van der Waals surface area contributed by atoms with Crippen molar-refractivity contribution < 1.29 is 14.3 Å². The number of hydrogen-bond acceptors (Lipinski definition) is 4. The largest absolute Gasteiger partial charge is 0.443 e. The van der Waals surface area contributed by atoms with E-state index in [0.717, 1.165) is 5.56 Å². The number of nitrogens with two attached hydrogens (primary N) is 1. The summed E-state index contributed by atoms with van der Waals surface area (Å²) in [5.74, 6) is -0.555. The van der Waals surface area contributed by atoms with Gasteiger partial charge < -0.3 is 10.5 Å². The Labute approximate surface area is 93.6 Å². The van der Waals surface area contributed by atoms with E-state index in [1.54, 1.807) is 0 Å². The second-order valence-corrected chi connectivity index (χ2v) is 3.08. The lowest BCUT2D eigenvalue weighted by Crippen LogP contribution is -2.25. The first-order chi connectivity index (χ1) is 7.72. The molecule has 1 aromatic carbocycles. The monoisotopic (exact) mass is 221 g/mol. The molecule has 2 N–H and O–H groups in total. The van der Waals surface area contributed by atoms with Crippen molar-refractivity contribution in [2.75, 3.05) is 6.54 Å². The summed E-state index contributed by atoms with van der Waals surface area (Å²) < 4.78 is 4.78. The Morgan fingerprint density at radius 3 is 2.56 bits per heavy atom. The molecule has 0 heterocycles. The lowest BCUT2D eigenvalue weighted by Gasteiger charge is -2.03. The Bertz CT molecular complexity index is 352. The molecule has 0 unspecified atom stereocenters. The molecule has 0 fully saturated rings. The van der Waals surface area contributed by atoms with E-state index >= 15 is 0 Å². The topological polar surface area (TPSA) is 83.5 Å². The van der Waals surface area contributed by atoms with Gasteiger partial charge in [-0.25, -0.2) is 4.79 Å². The molecule has 1 radical (unpaired) electrons. The second-order valence-electron chi connectivity index (χ2n) is 3.08. The molecule has 0 saturated heterocycles. The average Bonchev–Trinajstić information content (AvgIpc) is 2.28. The molecule has 1 aromatic rings. The highest BCUT2D eigenvalue weighted by atomic mass is 16.5. The molecule has 0 spiro atoms. The first-order valence-corrected chi connectivity index (χ1v) is 4.87. The molecule has 0 aromatic heterocycles. The third-order valence-electron chi connectivity index (χ3n) is 1.78. The van der Waals surface area contributed by atoms with E-state index in [1.165, 1.54) is 0 Å². The first-order valence-electron chi connectivity index (χ1n) is 4.87. The highest BCUT2D eigenvalue weighted by molar-refractivity contribution is 5.91. The third-order valence-corrected chi connectivity index (χ3v) is 1.78. The average molecular weight is 221 g/mol. The van der Waals surface area contributed by atoms with Crippen molar-refractivity contribution in [3.8, 4) is 0 Å². The maximum atomic E-state index is 11.1. The number of hydrogen-bond donors (Lipinski definition) is 1. The number of ether oxygens (including phenoxy) is 1. The van der Waals surface area contributed by atoms with Gasteiger partial charge in [0, 0.05) is 13.0 Å². The van der Waals surface area contributed by atoms with Crippen LogP contribution in [0.4, 0.5) is 4.79 Å². The third kappa shape index (κ3) is 4.56. The van der Waals surface area contributed by atoms with Gasteiger partial charge in [-0.05, 0) is 5.56 Å². The van der Waals surface area contributed by atoms with Crippen molar-refractivity contribution >= 4 is 12.0 Å². The normalized spacial score (nSPS) is 9.56. The van der Waals surface area contributed by atoms with Crippen LogP contribution in [-0.4, -0.2) is 18.5 Å². The summed E-state index contributed by atoms with van der Waals surface area (Å²) in [7, 11) is 0. The van der Waals surface area contributed by atoms with E-state index in [1.807, 2.05) is 30.3 Å². The Hall–Kier alpha value is -1.88. The van der Waals surface area contributed by atoms with Gasteiger partial charge in [0.15, 0.2) is 0 Å². The maximum absolute atomic E-state index is 11.1. The molecule has 0 saturated carbocycles. The summed E-state index contributed by atoms with van der Waals surface area (Å²) >= 11 is 0. The summed E-state index contributed by atoms with van der Waals surface area (Å²) in [6.07, 6.45) is -0.817. The minimum absolute atomic E-state index is 0.0560. The summed E-state index contributed by atoms with van der Waals surface area (Å²) in [5, 5.41) is 3.20. The van der Waals surface area contributed by atoms with Gasteiger partial charge in [-0.1, -0.05) is 30.3 Å². The van der Waals surface area contributed by atoms with Gasteiger partial charge in [0.05, 0.1) is 0 Å². The fourth-order valence-electron chi connectivity index (χ4n) is 1.03. The molecule has 0 bridgehead atoms. The van der Waals surface area contributed by atoms with Crippen LogP contribution in [0.25, 0.3) is 0 Å². The molecule has 0 aliphatic carbocycles. The molecule has 5 heteroatoms. The Balaban J connectivity index is 2.28. The predicted octanol–water partition coefficient (Wildman–Crippen LogP) is 0.803. The summed E-state index contributed by atoms with van der Waals surface area (Å²) in [4.78, 5) is 22.0. The number of carbonyl (C=O) groups excluding carboxylic acids is 2. The lowest BCUT2D eigenvalue weighted by molar-refractivity contribution is -0.120. The van der Waals surface area contributed by atoms with Gasteiger partial charge in [0.1, 0.15) is 6.61 Å². The first kappa shape index (κ1) is 12.2. The van der Waals surface area contributed by atoms with Crippen LogP contribution in [0.2, 0.25) is 0 Å².